The number of nitrogens with zero attached hydrogens (tertiary/aromatic N) is 3. The molecule has 3 rings (SSSR count). The third-order valence-electron chi connectivity index (χ3n) is 2.95. The highest BCUT2D eigenvalue weighted by molar-refractivity contribution is 5.71. The molecule has 0 unspecified atom stereocenters. The fourth-order valence-electron chi connectivity index (χ4n) is 1.84. The summed E-state index contributed by atoms with van der Waals surface area (Å²) < 4.78 is 5.65. The predicted octanol–water partition coefficient (Wildman–Crippen LogP) is 2.83. The minimum Gasteiger partial charge on any atom is -0.504 e. The molecule has 0 aliphatic rings. The van der Waals surface area contributed by atoms with E-state index >= 15 is 0 Å². The van der Waals surface area contributed by atoms with Crippen molar-refractivity contribution in [2.45, 2.75) is 6.61 Å². The molecule has 3 aromatic rings. The number of nitrogens with one attached hydrogen (secondary N) is 1. The van der Waals surface area contributed by atoms with Gasteiger partial charge in [-0.1, -0.05) is 30.3 Å². The Hall–Kier alpha value is -3.15. The Morgan fingerprint density at radius 3 is 2.68 bits per heavy atom. The van der Waals surface area contributed by atoms with Crippen molar-refractivity contribution in [3.63, 3.8) is 0 Å². The van der Waals surface area contributed by atoms with Crippen molar-refractivity contribution in [2.24, 2.45) is 0 Å². The highest BCUT2D eigenvalue weighted by atomic mass is 16.5. The molecule has 2 N–H and O–H groups in total. The summed E-state index contributed by atoms with van der Waals surface area (Å²) in [5.74, 6) is 0.939. The van der Waals surface area contributed by atoms with Crippen LogP contribution in [0.1, 0.15) is 17.1 Å². The van der Waals surface area contributed by atoms with Gasteiger partial charge < -0.3 is 9.84 Å². The summed E-state index contributed by atoms with van der Waals surface area (Å²) >= 11 is 0. The second-order valence-electron chi connectivity index (χ2n) is 4.56. The molecule has 110 valence electrons. The highest BCUT2D eigenvalue weighted by Gasteiger charge is 2.03. The van der Waals surface area contributed by atoms with Crippen LogP contribution in [0, 0.1) is 0 Å². The van der Waals surface area contributed by atoms with Gasteiger partial charge in [-0.3, -0.25) is 10.1 Å². The number of aliphatic hydroxyl groups excluding tert-OH is 1. The molecule has 6 nitrogen and oxygen atoms in total. The molecule has 2 aromatic heterocycles. The van der Waals surface area contributed by atoms with E-state index in [9.17, 15) is 5.11 Å². The summed E-state index contributed by atoms with van der Waals surface area (Å²) in [4.78, 5) is 8.07. The summed E-state index contributed by atoms with van der Waals surface area (Å²) in [6.07, 6.45) is 4.44. The van der Waals surface area contributed by atoms with Gasteiger partial charge in [-0.2, -0.15) is 5.10 Å². The fraction of sp³-hybridized carbons (Fsp3) is 0.0625. The maximum absolute atomic E-state index is 9.84. The summed E-state index contributed by atoms with van der Waals surface area (Å²) in [6.45, 7) is 0.487. The van der Waals surface area contributed by atoms with Crippen molar-refractivity contribution in [1.82, 2.24) is 20.2 Å². The number of ether oxygens (including phenoxy) is 1. The van der Waals surface area contributed by atoms with Crippen LogP contribution in [0.15, 0.2) is 55.0 Å². The van der Waals surface area contributed by atoms with Gasteiger partial charge in [0.25, 0.3) is 0 Å². The number of H-pyrrole nitrogens is 1. The lowest BCUT2D eigenvalue weighted by atomic mass is 10.2. The van der Waals surface area contributed by atoms with Gasteiger partial charge in [0, 0.05) is 6.08 Å². The molecule has 0 radical (unpaired) electrons. The number of pyridine rings is 1. The second kappa shape index (κ2) is 6.53. The Labute approximate surface area is 127 Å². The van der Waals surface area contributed by atoms with Crippen LogP contribution in [0.25, 0.3) is 11.8 Å². The number of benzene rings is 1. The quantitative estimate of drug-likeness (QED) is 0.707. The maximum atomic E-state index is 9.84. The van der Waals surface area contributed by atoms with E-state index in [0.29, 0.717) is 23.9 Å². The van der Waals surface area contributed by atoms with Crippen LogP contribution >= 0.6 is 0 Å². The average molecular weight is 294 g/mol. The Kier molecular flexibility index (Phi) is 4.10. The van der Waals surface area contributed by atoms with E-state index in [4.69, 9.17) is 4.74 Å². The Morgan fingerprint density at radius 1 is 1.14 bits per heavy atom. The number of hydrogen-bond donors (Lipinski definition) is 2. The highest BCUT2D eigenvalue weighted by Crippen LogP contribution is 2.15. The van der Waals surface area contributed by atoms with E-state index in [1.807, 2.05) is 30.3 Å². The van der Waals surface area contributed by atoms with Gasteiger partial charge in [-0.15, -0.1) is 0 Å². The van der Waals surface area contributed by atoms with E-state index in [1.54, 1.807) is 18.3 Å². The van der Waals surface area contributed by atoms with Crippen molar-refractivity contribution in [3.05, 3.63) is 72.1 Å². The van der Waals surface area contributed by atoms with Crippen molar-refractivity contribution >= 4 is 11.8 Å². The molecule has 2 heterocycles. The van der Waals surface area contributed by atoms with Gasteiger partial charge in [0.15, 0.2) is 11.6 Å². The number of aromatic nitrogens is 4. The summed E-state index contributed by atoms with van der Waals surface area (Å²) in [5.41, 5.74) is 1.69. The van der Waals surface area contributed by atoms with Gasteiger partial charge in [0.05, 0.1) is 11.9 Å². The maximum Gasteiger partial charge on any atom is 0.190 e. The van der Waals surface area contributed by atoms with E-state index < -0.39 is 0 Å². The first kappa shape index (κ1) is 13.8. The van der Waals surface area contributed by atoms with Gasteiger partial charge in [0.1, 0.15) is 18.7 Å². The van der Waals surface area contributed by atoms with Crippen molar-refractivity contribution in [2.75, 3.05) is 0 Å². The summed E-state index contributed by atoms with van der Waals surface area (Å²) in [6, 6.07) is 13.5. The first-order valence-electron chi connectivity index (χ1n) is 6.70. The normalized spacial score (nSPS) is 11.4. The zero-order chi connectivity index (χ0) is 15.2. The minimum absolute atomic E-state index is 0.0250. The predicted molar refractivity (Wildman–Crippen MR) is 81.9 cm³/mol. The molecule has 1 aromatic carbocycles. The van der Waals surface area contributed by atoms with Crippen molar-refractivity contribution in [3.8, 4) is 5.75 Å². The molecule has 0 saturated heterocycles. The fourth-order valence-corrected chi connectivity index (χ4v) is 1.84. The lowest BCUT2D eigenvalue weighted by Crippen LogP contribution is -1.95. The smallest absolute Gasteiger partial charge is 0.190 e. The summed E-state index contributed by atoms with van der Waals surface area (Å²) in [7, 11) is 0. The van der Waals surface area contributed by atoms with Crippen molar-refractivity contribution in [1.29, 1.82) is 0 Å². The Morgan fingerprint density at radius 2 is 2.00 bits per heavy atom. The molecular formula is C16H14N4O2. The van der Waals surface area contributed by atoms with Gasteiger partial charge in [0.2, 0.25) is 0 Å². The molecule has 22 heavy (non-hydrogen) atoms. The molecule has 0 atom stereocenters. The topological polar surface area (TPSA) is 83.9 Å². The third kappa shape index (κ3) is 3.49. The van der Waals surface area contributed by atoms with E-state index in [2.05, 4.69) is 20.2 Å². The molecule has 6 heteroatoms. The minimum atomic E-state index is -0.0250. The molecule has 0 fully saturated rings. The monoisotopic (exact) mass is 294 g/mol. The van der Waals surface area contributed by atoms with Gasteiger partial charge >= 0.3 is 0 Å². The SMILES string of the molecule is O/C(=C/c1ccc(OCc2ccccc2)cn1)c1ncn[nH]1. The van der Waals surface area contributed by atoms with Crippen LogP contribution in [0.3, 0.4) is 0 Å². The Bertz CT molecular complexity index is 738. The molecular weight excluding hydrogens is 280 g/mol. The van der Waals surface area contributed by atoms with Crippen molar-refractivity contribution < 1.29 is 9.84 Å². The average Bonchev–Trinajstić information content (AvgIpc) is 3.10. The zero-order valence-corrected chi connectivity index (χ0v) is 11.7. The number of aliphatic hydroxyl groups is 1. The first-order chi connectivity index (χ1) is 10.8. The van der Waals surface area contributed by atoms with E-state index in [-0.39, 0.29) is 5.76 Å². The summed E-state index contributed by atoms with van der Waals surface area (Å²) in [5, 5.41) is 16.1. The number of rotatable bonds is 5. The standard InChI is InChI=1S/C16H14N4O2/c21-15(16-18-11-19-20-16)8-13-6-7-14(9-17-13)22-10-12-4-2-1-3-5-12/h1-9,11,21H,10H2,(H,18,19,20)/b15-8+. The largest absolute Gasteiger partial charge is 0.504 e. The molecule has 0 amide bonds. The van der Waals surface area contributed by atoms with Crippen LogP contribution < -0.4 is 4.74 Å². The molecule has 0 spiro atoms. The molecule has 0 saturated carbocycles. The van der Waals surface area contributed by atoms with Crippen LogP contribution in [0.4, 0.5) is 0 Å². The second-order valence-corrected chi connectivity index (χ2v) is 4.56. The molecule has 0 bridgehead atoms. The van der Waals surface area contributed by atoms with Crippen LogP contribution in [-0.2, 0) is 6.61 Å². The van der Waals surface area contributed by atoms with E-state index in [0.717, 1.165) is 5.56 Å². The van der Waals surface area contributed by atoms with Gasteiger partial charge in [-0.05, 0) is 17.7 Å². The molecule has 0 aliphatic carbocycles. The zero-order valence-electron chi connectivity index (χ0n) is 11.7. The van der Waals surface area contributed by atoms with Crippen LogP contribution in [-0.4, -0.2) is 25.3 Å². The lowest BCUT2D eigenvalue weighted by molar-refractivity contribution is 0.305. The Balaban J connectivity index is 1.64. The van der Waals surface area contributed by atoms with E-state index in [1.165, 1.54) is 12.4 Å². The number of aromatic amines is 1. The third-order valence-corrected chi connectivity index (χ3v) is 2.95. The molecule has 0 aliphatic heterocycles. The first-order valence-corrected chi connectivity index (χ1v) is 6.70. The van der Waals surface area contributed by atoms with Gasteiger partial charge in [-0.25, -0.2) is 4.98 Å². The van der Waals surface area contributed by atoms with Crippen LogP contribution in [0.2, 0.25) is 0 Å². The number of hydrogen-bond acceptors (Lipinski definition) is 5. The van der Waals surface area contributed by atoms with Crippen LogP contribution in [0.5, 0.6) is 5.75 Å². The lowest BCUT2D eigenvalue weighted by Gasteiger charge is -2.06.